The lowest BCUT2D eigenvalue weighted by Crippen LogP contribution is -2.39. The summed E-state index contributed by atoms with van der Waals surface area (Å²) >= 11 is 1.39. The van der Waals surface area contributed by atoms with Crippen molar-refractivity contribution in [3.63, 3.8) is 0 Å². The molecule has 2 aliphatic rings. The van der Waals surface area contributed by atoms with Crippen molar-refractivity contribution in [2.24, 2.45) is 4.99 Å². The molecular weight excluding hydrogens is 596 g/mol. The number of aromatic nitrogens is 1. The molecular formula is C38H34N2O5S. The summed E-state index contributed by atoms with van der Waals surface area (Å²) in [6, 6.07) is 29.5. The van der Waals surface area contributed by atoms with Gasteiger partial charge < -0.3 is 18.9 Å². The number of methoxy groups -OCH3 is 2. The maximum absolute atomic E-state index is 14.3. The molecule has 7 nitrogen and oxygen atoms in total. The lowest BCUT2D eigenvalue weighted by atomic mass is 9.83. The molecule has 1 aliphatic heterocycles. The SMILES string of the molecule is CCOc1cc(/C=c2/sc3n(c2=O)[C@H](c2cc(OC)ccc2OC)C2=C(N=3)c3ccccc3CC2)ccc1OCc1ccccc1. The Morgan fingerprint density at radius 3 is 2.48 bits per heavy atom. The molecule has 232 valence electrons. The third kappa shape index (κ3) is 5.49. The van der Waals surface area contributed by atoms with E-state index in [4.69, 9.17) is 23.9 Å². The maximum Gasteiger partial charge on any atom is 0.271 e. The topological polar surface area (TPSA) is 71.3 Å². The molecule has 2 heterocycles. The number of aryl methyl sites for hydroxylation is 1. The first-order chi connectivity index (χ1) is 22.6. The van der Waals surface area contributed by atoms with Crippen molar-refractivity contribution >= 4 is 23.1 Å². The zero-order chi connectivity index (χ0) is 31.6. The van der Waals surface area contributed by atoms with Crippen molar-refractivity contribution in [1.29, 1.82) is 0 Å². The second kappa shape index (κ2) is 12.7. The summed E-state index contributed by atoms with van der Waals surface area (Å²) in [7, 11) is 3.30. The van der Waals surface area contributed by atoms with Crippen LogP contribution in [0.4, 0.5) is 0 Å². The number of rotatable bonds is 9. The fourth-order valence-corrected chi connectivity index (χ4v) is 7.24. The third-order valence-corrected chi connectivity index (χ3v) is 9.39. The molecule has 46 heavy (non-hydrogen) atoms. The standard InChI is InChI=1S/C38H34N2O5S/c1-4-44-33-20-25(14-18-32(33)45-23-24-10-6-5-7-11-24)21-34-37(41)40-36(30-22-27(42-2)16-19-31(30)43-3)29-17-15-26-12-8-9-13-28(26)35(29)39-38(40)46-34/h5-14,16,18-22,36H,4,15,17,23H2,1-3H3/b34-21+/t36-/m0/s1. The molecule has 0 radical (unpaired) electrons. The zero-order valence-electron chi connectivity index (χ0n) is 26.0. The van der Waals surface area contributed by atoms with Gasteiger partial charge in [-0.25, -0.2) is 4.99 Å². The van der Waals surface area contributed by atoms with Crippen LogP contribution in [-0.2, 0) is 13.0 Å². The van der Waals surface area contributed by atoms with E-state index in [1.54, 1.807) is 14.2 Å². The normalized spacial score (nSPS) is 15.4. The van der Waals surface area contributed by atoms with Gasteiger partial charge in [-0.1, -0.05) is 72.0 Å². The Bertz CT molecular complexity index is 2130. The summed E-state index contributed by atoms with van der Waals surface area (Å²) in [5.74, 6) is 2.68. The number of nitrogens with zero attached hydrogens (tertiary/aromatic N) is 2. The first-order valence-corrected chi connectivity index (χ1v) is 16.2. The third-order valence-electron chi connectivity index (χ3n) is 8.41. The second-order valence-corrected chi connectivity index (χ2v) is 12.1. The van der Waals surface area contributed by atoms with Gasteiger partial charge in [0.1, 0.15) is 18.1 Å². The van der Waals surface area contributed by atoms with E-state index in [0.29, 0.717) is 45.5 Å². The number of hydrogen-bond donors (Lipinski definition) is 0. The van der Waals surface area contributed by atoms with Crippen LogP contribution in [0.5, 0.6) is 23.0 Å². The molecule has 0 amide bonds. The highest BCUT2D eigenvalue weighted by Gasteiger charge is 2.34. The highest BCUT2D eigenvalue weighted by molar-refractivity contribution is 7.07. The summed E-state index contributed by atoms with van der Waals surface area (Å²) < 4.78 is 25.9. The van der Waals surface area contributed by atoms with Crippen molar-refractivity contribution in [2.45, 2.75) is 32.4 Å². The largest absolute Gasteiger partial charge is 0.497 e. The number of hydrogen-bond acceptors (Lipinski definition) is 7. The predicted molar refractivity (Wildman–Crippen MR) is 181 cm³/mol. The van der Waals surface area contributed by atoms with Crippen molar-refractivity contribution in [2.75, 3.05) is 20.8 Å². The Morgan fingerprint density at radius 2 is 1.67 bits per heavy atom. The van der Waals surface area contributed by atoms with Gasteiger partial charge in [-0.15, -0.1) is 0 Å². The van der Waals surface area contributed by atoms with Crippen LogP contribution in [0.25, 0.3) is 11.8 Å². The summed E-state index contributed by atoms with van der Waals surface area (Å²) in [6.45, 7) is 2.86. The summed E-state index contributed by atoms with van der Waals surface area (Å²) in [6.07, 6.45) is 3.56. The molecule has 0 bridgehead atoms. The van der Waals surface area contributed by atoms with Crippen LogP contribution in [0.2, 0.25) is 0 Å². The molecule has 1 aromatic heterocycles. The minimum absolute atomic E-state index is 0.105. The van der Waals surface area contributed by atoms with E-state index in [1.165, 1.54) is 16.9 Å². The molecule has 7 rings (SSSR count). The Morgan fingerprint density at radius 1 is 0.870 bits per heavy atom. The second-order valence-electron chi connectivity index (χ2n) is 11.1. The fraction of sp³-hybridized carbons (Fsp3) is 0.211. The Labute approximate surface area is 271 Å². The Balaban J connectivity index is 1.36. The van der Waals surface area contributed by atoms with Crippen molar-refractivity contribution in [3.8, 4) is 23.0 Å². The molecule has 0 spiro atoms. The lowest BCUT2D eigenvalue weighted by molar-refractivity contribution is 0.269. The molecule has 4 aromatic carbocycles. The molecule has 0 saturated carbocycles. The van der Waals surface area contributed by atoms with E-state index in [2.05, 4.69) is 18.2 Å². The van der Waals surface area contributed by atoms with E-state index in [0.717, 1.165) is 46.4 Å². The maximum atomic E-state index is 14.3. The molecule has 0 saturated heterocycles. The van der Waals surface area contributed by atoms with Gasteiger partial charge >= 0.3 is 0 Å². The molecule has 0 unspecified atom stereocenters. The first-order valence-electron chi connectivity index (χ1n) is 15.4. The van der Waals surface area contributed by atoms with Gasteiger partial charge in [-0.05, 0) is 78.4 Å². The van der Waals surface area contributed by atoms with E-state index in [9.17, 15) is 4.79 Å². The van der Waals surface area contributed by atoms with Crippen molar-refractivity contribution < 1.29 is 18.9 Å². The minimum atomic E-state index is -0.389. The number of fused-ring (bicyclic) bond motifs is 3. The van der Waals surface area contributed by atoms with Crippen LogP contribution in [0.3, 0.4) is 0 Å². The monoisotopic (exact) mass is 630 g/mol. The lowest BCUT2D eigenvalue weighted by Gasteiger charge is -2.31. The van der Waals surface area contributed by atoms with E-state index in [-0.39, 0.29) is 11.6 Å². The molecule has 1 atom stereocenters. The Kier molecular flexibility index (Phi) is 8.20. The number of thiazole rings is 1. The minimum Gasteiger partial charge on any atom is -0.497 e. The van der Waals surface area contributed by atoms with Crippen LogP contribution in [0, 0.1) is 0 Å². The van der Waals surface area contributed by atoms with Crippen LogP contribution >= 0.6 is 11.3 Å². The molecule has 1 aliphatic carbocycles. The quantitative estimate of drug-likeness (QED) is 0.191. The van der Waals surface area contributed by atoms with E-state index < -0.39 is 0 Å². The van der Waals surface area contributed by atoms with Gasteiger partial charge in [-0.2, -0.15) is 0 Å². The summed E-state index contributed by atoms with van der Waals surface area (Å²) in [5.41, 5.74) is 7.08. The van der Waals surface area contributed by atoms with Crippen LogP contribution in [-0.4, -0.2) is 25.4 Å². The van der Waals surface area contributed by atoms with Gasteiger partial charge in [0, 0.05) is 11.1 Å². The fourth-order valence-electron chi connectivity index (χ4n) is 6.24. The molecule has 0 N–H and O–H groups in total. The Hall–Kier alpha value is -5.08. The summed E-state index contributed by atoms with van der Waals surface area (Å²) in [5, 5.41) is 0. The smallest absolute Gasteiger partial charge is 0.271 e. The average Bonchev–Trinajstić information content (AvgIpc) is 3.40. The van der Waals surface area contributed by atoms with Gasteiger partial charge in [0.2, 0.25) is 0 Å². The van der Waals surface area contributed by atoms with Gasteiger partial charge in [0.25, 0.3) is 5.56 Å². The van der Waals surface area contributed by atoms with Crippen LogP contribution in [0.15, 0.2) is 106 Å². The van der Waals surface area contributed by atoms with E-state index in [1.807, 2.05) is 90.4 Å². The first kappa shape index (κ1) is 29.6. The van der Waals surface area contributed by atoms with Gasteiger partial charge in [0.05, 0.1) is 37.1 Å². The molecule has 0 fully saturated rings. The van der Waals surface area contributed by atoms with Gasteiger partial charge in [0.15, 0.2) is 16.3 Å². The van der Waals surface area contributed by atoms with E-state index >= 15 is 0 Å². The molecule has 5 aromatic rings. The average molecular weight is 631 g/mol. The number of ether oxygens (including phenoxy) is 4. The van der Waals surface area contributed by atoms with Crippen LogP contribution < -0.4 is 33.8 Å². The number of allylic oxidation sites excluding steroid dienone is 1. The molecule has 8 heteroatoms. The van der Waals surface area contributed by atoms with Gasteiger partial charge in [-0.3, -0.25) is 9.36 Å². The van der Waals surface area contributed by atoms with Crippen molar-refractivity contribution in [3.05, 3.63) is 144 Å². The zero-order valence-corrected chi connectivity index (χ0v) is 26.8. The summed E-state index contributed by atoms with van der Waals surface area (Å²) in [4.78, 5) is 20.1. The van der Waals surface area contributed by atoms with Crippen LogP contribution in [0.1, 0.15) is 47.2 Å². The highest BCUT2D eigenvalue weighted by Crippen LogP contribution is 2.44. The van der Waals surface area contributed by atoms with Crippen molar-refractivity contribution in [1.82, 2.24) is 4.57 Å². The predicted octanol–water partition coefficient (Wildman–Crippen LogP) is 6.31. The number of benzene rings is 4. The highest BCUT2D eigenvalue weighted by atomic mass is 32.1.